The molecule has 2 aromatic carbocycles. The molecule has 8 nitrogen and oxygen atoms in total. The van der Waals surface area contributed by atoms with Crippen LogP contribution in [-0.2, 0) is 20.8 Å². The summed E-state index contributed by atoms with van der Waals surface area (Å²) in [5.74, 6) is 0.0937. The van der Waals surface area contributed by atoms with Crippen LogP contribution >= 0.6 is 23.2 Å². The molecule has 3 rings (SSSR count). The molecular formula is C31H46Cl2N4O4. The van der Waals surface area contributed by atoms with E-state index in [0.717, 1.165) is 47.6 Å². The number of ether oxygens (including phenoxy) is 1. The Morgan fingerprint density at radius 3 is 2.41 bits per heavy atom. The van der Waals surface area contributed by atoms with E-state index in [9.17, 15) is 14.4 Å². The number of nitrogens with zero attached hydrogens (tertiary/aromatic N) is 1. The Balaban J connectivity index is 0.000000641. The number of halogens is 2. The number of fused-ring (bicyclic) bond motifs is 1. The number of para-hydroxylation sites is 1. The molecule has 0 fully saturated rings. The number of benzene rings is 2. The molecule has 1 atom stereocenters. The lowest BCUT2D eigenvalue weighted by molar-refractivity contribution is -0.136. The van der Waals surface area contributed by atoms with Gasteiger partial charge in [-0.05, 0) is 55.5 Å². The lowest BCUT2D eigenvalue weighted by Gasteiger charge is -2.24. The van der Waals surface area contributed by atoms with Crippen LogP contribution in [0.15, 0.2) is 42.5 Å². The van der Waals surface area contributed by atoms with Crippen molar-refractivity contribution >= 4 is 40.9 Å². The SMILES string of the molecule is CC.CCCC[C@@H]1NCCOc2ccccc2CCCNC(=O)CNC(=O)CN(C)C1=O.Cc1ccc(Cl)cc1Cl. The van der Waals surface area contributed by atoms with E-state index in [-0.39, 0.29) is 36.9 Å². The molecule has 0 unspecified atom stereocenters. The molecule has 3 N–H and O–H groups in total. The number of carbonyl (C=O) groups is 3. The molecular weight excluding hydrogens is 563 g/mol. The average Bonchev–Trinajstić information content (AvgIpc) is 2.97. The predicted molar refractivity (Wildman–Crippen MR) is 168 cm³/mol. The van der Waals surface area contributed by atoms with Crippen molar-refractivity contribution in [2.75, 3.05) is 39.8 Å². The number of likely N-dealkylation sites (N-methyl/N-ethyl adjacent to an activating group) is 1. The Morgan fingerprint density at radius 2 is 1.73 bits per heavy atom. The summed E-state index contributed by atoms with van der Waals surface area (Å²) in [7, 11) is 1.60. The van der Waals surface area contributed by atoms with Gasteiger partial charge in [0.05, 0.1) is 19.1 Å². The van der Waals surface area contributed by atoms with Crippen molar-refractivity contribution in [1.82, 2.24) is 20.9 Å². The first-order valence-corrected chi connectivity index (χ1v) is 15.1. The fourth-order valence-electron chi connectivity index (χ4n) is 3.90. The number of aryl methyl sites for hydroxylation is 2. The van der Waals surface area contributed by atoms with Gasteiger partial charge in [-0.25, -0.2) is 0 Å². The van der Waals surface area contributed by atoms with Crippen molar-refractivity contribution in [1.29, 1.82) is 0 Å². The first kappa shape index (κ1) is 36.2. The van der Waals surface area contributed by atoms with E-state index in [0.29, 0.717) is 31.1 Å². The Kier molecular flexibility index (Phi) is 18.5. The third-order valence-electron chi connectivity index (χ3n) is 6.15. The minimum atomic E-state index is -0.372. The van der Waals surface area contributed by atoms with Gasteiger partial charge in [0.1, 0.15) is 12.4 Å². The molecule has 228 valence electrons. The van der Waals surface area contributed by atoms with Gasteiger partial charge in [-0.2, -0.15) is 0 Å². The first-order chi connectivity index (χ1) is 19.7. The zero-order chi connectivity index (χ0) is 30.6. The number of unbranched alkanes of at least 4 members (excludes halogenated alkanes) is 1. The summed E-state index contributed by atoms with van der Waals surface area (Å²) in [6, 6.07) is 12.9. The first-order valence-electron chi connectivity index (χ1n) is 14.3. The second kappa shape index (κ2) is 21.0. The highest BCUT2D eigenvalue weighted by atomic mass is 35.5. The van der Waals surface area contributed by atoms with Crippen LogP contribution in [0.3, 0.4) is 0 Å². The van der Waals surface area contributed by atoms with E-state index in [1.807, 2.05) is 57.2 Å². The Bertz CT molecular complexity index is 1080. The number of carbonyl (C=O) groups excluding carboxylic acids is 3. The molecule has 0 saturated heterocycles. The highest BCUT2D eigenvalue weighted by Gasteiger charge is 2.23. The molecule has 1 heterocycles. The van der Waals surface area contributed by atoms with Crippen LogP contribution in [0.25, 0.3) is 0 Å². The second-order valence-electron chi connectivity index (χ2n) is 9.42. The van der Waals surface area contributed by atoms with E-state index in [1.165, 1.54) is 4.90 Å². The zero-order valence-electron chi connectivity index (χ0n) is 25.0. The van der Waals surface area contributed by atoms with Crippen molar-refractivity contribution in [3.8, 4) is 5.75 Å². The smallest absolute Gasteiger partial charge is 0.240 e. The van der Waals surface area contributed by atoms with Gasteiger partial charge in [0.2, 0.25) is 17.7 Å². The summed E-state index contributed by atoms with van der Waals surface area (Å²) in [6.45, 7) is 9.32. The van der Waals surface area contributed by atoms with Crippen molar-refractivity contribution in [3.05, 3.63) is 63.6 Å². The van der Waals surface area contributed by atoms with Gasteiger partial charge in [0.15, 0.2) is 0 Å². The summed E-state index contributed by atoms with van der Waals surface area (Å²) in [4.78, 5) is 38.3. The molecule has 0 aromatic heterocycles. The van der Waals surface area contributed by atoms with Crippen LogP contribution in [0.2, 0.25) is 10.0 Å². The topological polar surface area (TPSA) is 99.8 Å². The van der Waals surface area contributed by atoms with Crippen LogP contribution in [0.5, 0.6) is 5.75 Å². The Morgan fingerprint density at radius 1 is 1.00 bits per heavy atom. The molecule has 0 spiro atoms. The maximum Gasteiger partial charge on any atom is 0.240 e. The molecule has 3 amide bonds. The predicted octanol–water partition coefficient (Wildman–Crippen LogP) is 5.18. The van der Waals surface area contributed by atoms with Gasteiger partial charge in [-0.3, -0.25) is 14.4 Å². The maximum atomic E-state index is 12.8. The molecule has 0 bridgehead atoms. The number of hydrogen-bond donors (Lipinski definition) is 3. The van der Waals surface area contributed by atoms with Crippen molar-refractivity contribution in [2.24, 2.45) is 0 Å². The summed E-state index contributed by atoms with van der Waals surface area (Å²) in [5, 5.41) is 10.1. The van der Waals surface area contributed by atoms with E-state index in [1.54, 1.807) is 13.1 Å². The molecule has 1 aliphatic rings. The van der Waals surface area contributed by atoms with Gasteiger partial charge in [0, 0.05) is 30.2 Å². The molecule has 0 radical (unpaired) electrons. The number of hydrogen-bond acceptors (Lipinski definition) is 5. The molecule has 0 aliphatic carbocycles. The van der Waals surface area contributed by atoms with Crippen molar-refractivity contribution in [2.45, 2.75) is 65.8 Å². The number of nitrogens with one attached hydrogen (secondary N) is 3. The average molecular weight is 610 g/mol. The molecule has 41 heavy (non-hydrogen) atoms. The standard InChI is InChI=1S/C22H34N4O4.C7H6Cl2.C2H6/c1-3-4-10-18-22(29)26(2)16-21(28)25-15-20(27)24-12-7-9-17-8-5-6-11-19(17)30-14-13-23-18;1-5-2-3-6(8)4-7(5)9;1-2/h5-6,8,11,18,23H,3-4,7,9-10,12-16H2,1-2H3,(H,24,27)(H,25,28);2-4H,1H3;1-2H3/t18-;;/m0../s1. The number of rotatable bonds is 3. The van der Waals surface area contributed by atoms with Crippen molar-refractivity contribution < 1.29 is 19.1 Å². The van der Waals surface area contributed by atoms with E-state index >= 15 is 0 Å². The lowest BCUT2D eigenvalue weighted by atomic mass is 10.1. The lowest BCUT2D eigenvalue weighted by Crippen LogP contribution is -2.49. The highest BCUT2D eigenvalue weighted by Crippen LogP contribution is 2.20. The van der Waals surface area contributed by atoms with Crippen LogP contribution in [0, 0.1) is 6.92 Å². The minimum absolute atomic E-state index is 0.0830. The number of amides is 3. The van der Waals surface area contributed by atoms with Gasteiger partial charge >= 0.3 is 0 Å². The van der Waals surface area contributed by atoms with E-state index in [4.69, 9.17) is 27.9 Å². The normalized spacial score (nSPS) is 17.1. The van der Waals surface area contributed by atoms with E-state index < -0.39 is 0 Å². The fraction of sp³-hybridized carbons (Fsp3) is 0.516. The van der Waals surface area contributed by atoms with Gasteiger partial charge < -0.3 is 25.6 Å². The molecule has 1 aliphatic heterocycles. The highest BCUT2D eigenvalue weighted by molar-refractivity contribution is 6.35. The van der Waals surface area contributed by atoms with Crippen molar-refractivity contribution in [3.63, 3.8) is 0 Å². The van der Waals surface area contributed by atoms with Crippen LogP contribution in [0.4, 0.5) is 0 Å². The van der Waals surface area contributed by atoms with Gasteiger partial charge in [0.25, 0.3) is 0 Å². The zero-order valence-corrected chi connectivity index (χ0v) is 26.5. The third-order valence-corrected chi connectivity index (χ3v) is 6.79. The summed E-state index contributed by atoms with van der Waals surface area (Å²) >= 11 is 11.4. The van der Waals surface area contributed by atoms with Crippen LogP contribution < -0.4 is 20.7 Å². The Hall–Kier alpha value is -2.81. The summed E-state index contributed by atoms with van der Waals surface area (Å²) in [6.07, 6.45) is 4.13. The summed E-state index contributed by atoms with van der Waals surface area (Å²) < 4.78 is 5.95. The molecule has 10 heteroatoms. The quantitative estimate of drug-likeness (QED) is 0.446. The van der Waals surface area contributed by atoms with Gasteiger partial charge in [-0.1, -0.05) is 81.1 Å². The van der Waals surface area contributed by atoms with Gasteiger partial charge in [-0.15, -0.1) is 0 Å². The monoisotopic (exact) mass is 608 g/mol. The largest absolute Gasteiger partial charge is 0.492 e. The maximum absolute atomic E-state index is 12.8. The van der Waals surface area contributed by atoms with Crippen LogP contribution in [0.1, 0.15) is 57.6 Å². The summed E-state index contributed by atoms with van der Waals surface area (Å²) in [5.41, 5.74) is 2.14. The fourth-order valence-corrected chi connectivity index (χ4v) is 4.31. The Labute approximate surface area is 255 Å². The van der Waals surface area contributed by atoms with Crippen LogP contribution in [-0.4, -0.2) is 68.5 Å². The molecule has 0 saturated carbocycles. The third kappa shape index (κ3) is 14.6. The molecule has 2 aromatic rings. The van der Waals surface area contributed by atoms with E-state index in [2.05, 4.69) is 22.9 Å². The second-order valence-corrected chi connectivity index (χ2v) is 10.3. The minimum Gasteiger partial charge on any atom is -0.492 e.